The van der Waals surface area contributed by atoms with Crippen LogP contribution in [-0.4, -0.2) is 36.6 Å². The Kier molecular flexibility index (Phi) is 3.79. The molecule has 0 aromatic carbocycles. The van der Waals surface area contributed by atoms with Gasteiger partial charge in [-0.25, -0.2) is 0 Å². The first-order valence-electron chi connectivity index (χ1n) is 6.34. The zero-order valence-electron chi connectivity index (χ0n) is 9.99. The molecule has 3 nitrogen and oxygen atoms in total. The molecule has 0 spiro atoms. The summed E-state index contributed by atoms with van der Waals surface area (Å²) in [6.45, 7) is 3.72. The van der Waals surface area contributed by atoms with E-state index in [1.165, 1.54) is 37.9 Å². The van der Waals surface area contributed by atoms with Crippen LogP contribution in [0.3, 0.4) is 0 Å². The molecule has 1 unspecified atom stereocenters. The Morgan fingerprint density at radius 3 is 2.44 bits per heavy atom. The Hall–Kier alpha value is -0.640. The van der Waals surface area contributed by atoms with E-state index in [9.17, 15) is 0 Å². The van der Waals surface area contributed by atoms with E-state index in [0.717, 1.165) is 6.42 Å². The molecule has 1 aliphatic carbocycles. The maximum Gasteiger partial charge on any atom is 0.0551 e. The molecule has 1 saturated heterocycles. The smallest absolute Gasteiger partial charge is 0.0551 e. The Balaban J connectivity index is 2.09. The fraction of sp³-hybridized carbons (Fsp3) is 0.692. The maximum absolute atomic E-state index is 6.00. The van der Waals surface area contributed by atoms with Crippen LogP contribution < -0.4 is 11.5 Å². The van der Waals surface area contributed by atoms with Crippen LogP contribution in [0.1, 0.15) is 25.7 Å². The highest BCUT2D eigenvalue weighted by Crippen LogP contribution is 2.29. The zero-order chi connectivity index (χ0) is 11.4. The number of nitrogens with two attached hydrogens (primary N) is 2. The van der Waals surface area contributed by atoms with E-state index >= 15 is 0 Å². The molecule has 0 aromatic heterocycles. The normalized spacial score (nSPS) is 31.5. The van der Waals surface area contributed by atoms with Gasteiger partial charge in [0.25, 0.3) is 0 Å². The second kappa shape index (κ2) is 5.13. The topological polar surface area (TPSA) is 55.3 Å². The zero-order valence-corrected chi connectivity index (χ0v) is 9.99. The van der Waals surface area contributed by atoms with Gasteiger partial charge in [0.15, 0.2) is 0 Å². The monoisotopic (exact) mass is 221 g/mol. The lowest BCUT2D eigenvalue weighted by atomic mass is 9.85. The minimum atomic E-state index is 0.0685. The molecule has 1 atom stereocenters. The third-order valence-electron chi connectivity index (χ3n) is 3.90. The summed E-state index contributed by atoms with van der Waals surface area (Å²) in [6, 6.07) is 0. The maximum atomic E-state index is 6.00. The minimum absolute atomic E-state index is 0.0685. The highest BCUT2D eigenvalue weighted by molar-refractivity contribution is 5.31. The molecule has 3 heteroatoms. The number of nitrogens with zero attached hydrogens (tertiary/aromatic N) is 1. The number of likely N-dealkylation sites (tertiary alicyclic amines) is 1. The van der Waals surface area contributed by atoms with Crippen LogP contribution in [0.25, 0.3) is 0 Å². The van der Waals surface area contributed by atoms with Crippen molar-refractivity contribution >= 4 is 0 Å². The van der Waals surface area contributed by atoms with E-state index in [2.05, 4.69) is 23.1 Å². The van der Waals surface area contributed by atoms with Crippen molar-refractivity contribution in [2.45, 2.75) is 31.2 Å². The molecular formula is C13H23N3. The van der Waals surface area contributed by atoms with Crippen LogP contribution in [0.5, 0.6) is 0 Å². The Morgan fingerprint density at radius 2 is 1.94 bits per heavy atom. The number of piperidine rings is 1. The predicted molar refractivity (Wildman–Crippen MR) is 68.1 cm³/mol. The summed E-state index contributed by atoms with van der Waals surface area (Å²) in [7, 11) is 0. The number of hydrogen-bond donors (Lipinski definition) is 2. The molecule has 1 aliphatic heterocycles. The lowest BCUT2D eigenvalue weighted by molar-refractivity contribution is 0.111. The SMILES string of the molecule is NCC1=CCC(CN)(N2CCCCC2)C=C1. The van der Waals surface area contributed by atoms with Gasteiger partial charge >= 0.3 is 0 Å². The lowest BCUT2D eigenvalue weighted by Crippen LogP contribution is -2.54. The van der Waals surface area contributed by atoms with E-state index in [4.69, 9.17) is 11.5 Å². The van der Waals surface area contributed by atoms with Gasteiger partial charge < -0.3 is 11.5 Å². The highest BCUT2D eigenvalue weighted by Gasteiger charge is 2.34. The summed E-state index contributed by atoms with van der Waals surface area (Å²) in [5, 5.41) is 0. The van der Waals surface area contributed by atoms with E-state index < -0.39 is 0 Å². The van der Waals surface area contributed by atoms with Gasteiger partial charge in [0, 0.05) is 13.1 Å². The lowest BCUT2D eigenvalue weighted by Gasteiger charge is -2.44. The van der Waals surface area contributed by atoms with Gasteiger partial charge in [0.1, 0.15) is 0 Å². The van der Waals surface area contributed by atoms with Gasteiger partial charge in [0.05, 0.1) is 5.54 Å². The molecule has 0 radical (unpaired) electrons. The first-order chi connectivity index (χ1) is 7.80. The standard InChI is InChI=1S/C13H23N3/c14-10-12-4-6-13(11-15,7-5-12)16-8-2-1-3-9-16/h4-6H,1-3,7-11,14-15H2. The van der Waals surface area contributed by atoms with Gasteiger partial charge in [-0.2, -0.15) is 0 Å². The first kappa shape index (κ1) is 11.8. The van der Waals surface area contributed by atoms with Crippen molar-refractivity contribution < 1.29 is 0 Å². The predicted octanol–water partition coefficient (Wildman–Crippen LogP) is 1.01. The largest absolute Gasteiger partial charge is 0.328 e. The fourth-order valence-electron chi connectivity index (χ4n) is 2.71. The van der Waals surface area contributed by atoms with Crippen molar-refractivity contribution in [1.82, 2.24) is 4.90 Å². The van der Waals surface area contributed by atoms with Crippen molar-refractivity contribution in [2.75, 3.05) is 26.2 Å². The molecule has 1 fully saturated rings. The van der Waals surface area contributed by atoms with Crippen LogP contribution in [0.2, 0.25) is 0 Å². The summed E-state index contributed by atoms with van der Waals surface area (Å²) in [6.07, 6.45) is 11.7. The van der Waals surface area contributed by atoms with Gasteiger partial charge in [-0.1, -0.05) is 24.6 Å². The highest BCUT2D eigenvalue weighted by atomic mass is 15.2. The molecular weight excluding hydrogens is 198 g/mol. The third-order valence-corrected chi connectivity index (χ3v) is 3.90. The van der Waals surface area contributed by atoms with Crippen LogP contribution in [0.15, 0.2) is 23.8 Å². The molecule has 2 aliphatic rings. The number of hydrogen-bond acceptors (Lipinski definition) is 3. The quantitative estimate of drug-likeness (QED) is 0.748. The molecule has 4 N–H and O–H groups in total. The van der Waals surface area contributed by atoms with Crippen LogP contribution >= 0.6 is 0 Å². The van der Waals surface area contributed by atoms with E-state index in [0.29, 0.717) is 13.1 Å². The Labute approximate surface area is 98.2 Å². The molecule has 90 valence electrons. The van der Waals surface area contributed by atoms with Crippen molar-refractivity contribution in [3.05, 3.63) is 23.8 Å². The van der Waals surface area contributed by atoms with E-state index in [1.54, 1.807) is 0 Å². The van der Waals surface area contributed by atoms with Gasteiger partial charge in [-0.3, -0.25) is 4.90 Å². The summed E-state index contributed by atoms with van der Waals surface area (Å²) < 4.78 is 0. The van der Waals surface area contributed by atoms with Crippen LogP contribution in [0, 0.1) is 0 Å². The second-order valence-corrected chi connectivity index (χ2v) is 4.88. The van der Waals surface area contributed by atoms with Gasteiger partial charge in [-0.05, 0) is 37.9 Å². The van der Waals surface area contributed by atoms with Gasteiger partial charge in [0.2, 0.25) is 0 Å². The summed E-state index contributed by atoms with van der Waals surface area (Å²) in [5.41, 5.74) is 13.0. The molecule has 0 saturated carbocycles. The van der Waals surface area contributed by atoms with Crippen molar-refractivity contribution in [3.8, 4) is 0 Å². The Morgan fingerprint density at radius 1 is 1.19 bits per heavy atom. The molecule has 1 heterocycles. The number of rotatable bonds is 3. The third kappa shape index (κ3) is 2.21. The van der Waals surface area contributed by atoms with Gasteiger partial charge in [-0.15, -0.1) is 0 Å². The second-order valence-electron chi connectivity index (χ2n) is 4.88. The average Bonchev–Trinajstić information content (AvgIpc) is 2.40. The van der Waals surface area contributed by atoms with Crippen LogP contribution in [0.4, 0.5) is 0 Å². The van der Waals surface area contributed by atoms with E-state index in [-0.39, 0.29) is 5.54 Å². The minimum Gasteiger partial charge on any atom is -0.328 e. The van der Waals surface area contributed by atoms with Crippen LogP contribution in [-0.2, 0) is 0 Å². The Bertz CT molecular complexity index is 290. The van der Waals surface area contributed by atoms with Crippen molar-refractivity contribution in [3.63, 3.8) is 0 Å². The van der Waals surface area contributed by atoms with E-state index in [1.807, 2.05) is 0 Å². The molecule has 0 amide bonds. The van der Waals surface area contributed by atoms with Crippen molar-refractivity contribution in [2.24, 2.45) is 11.5 Å². The summed E-state index contributed by atoms with van der Waals surface area (Å²) >= 11 is 0. The fourth-order valence-corrected chi connectivity index (χ4v) is 2.71. The van der Waals surface area contributed by atoms with Crippen molar-refractivity contribution in [1.29, 1.82) is 0 Å². The summed E-state index contributed by atoms with van der Waals surface area (Å²) in [4.78, 5) is 2.55. The molecule has 0 bridgehead atoms. The average molecular weight is 221 g/mol. The summed E-state index contributed by atoms with van der Waals surface area (Å²) in [5.74, 6) is 0. The molecule has 2 rings (SSSR count). The molecule has 0 aromatic rings. The first-order valence-corrected chi connectivity index (χ1v) is 6.34. The molecule has 16 heavy (non-hydrogen) atoms.